The lowest BCUT2D eigenvalue weighted by Gasteiger charge is -2.55. The second-order valence-electron chi connectivity index (χ2n) is 9.53. The first-order valence-corrected chi connectivity index (χ1v) is 12.2. The molecule has 1 saturated heterocycles. The monoisotopic (exact) mass is 422 g/mol. The summed E-state index contributed by atoms with van der Waals surface area (Å²) in [5.41, 5.74) is -0.137. The number of rotatable bonds is 5. The van der Waals surface area contributed by atoms with Crippen molar-refractivity contribution < 1.29 is 13.2 Å². The SMILES string of the molecule is O=C(NCC1CN(S(=O)(=O)c2ccccc2Cl)C1)C12CC3CC(CC(C3)C1)C2. The van der Waals surface area contributed by atoms with Crippen LogP contribution in [-0.2, 0) is 14.8 Å². The van der Waals surface area contributed by atoms with Crippen LogP contribution < -0.4 is 5.32 Å². The predicted molar refractivity (Wildman–Crippen MR) is 107 cm³/mol. The third kappa shape index (κ3) is 3.08. The number of halogens is 1. The lowest BCUT2D eigenvalue weighted by molar-refractivity contribution is -0.146. The number of carbonyl (C=O) groups excluding carboxylic acids is 1. The van der Waals surface area contributed by atoms with Crippen LogP contribution in [0.4, 0.5) is 0 Å². The number of nitrogens with zero attached hydrogens (tertiary/aromatic N) is 1. The summed E-state index contributed by atoms with van der Waals surface area (Å²) in [5.74, 6) is 2.64. The Labute approximate surface area is 171 Å². The van der Waals surface area contributed by atoms with Gasteiger partial charge in [-0.1, -0.05) is 23.7 Å². The standard InChI is InChI=1S/C21H27ClN2O3S/c22-18-3-1-2-4-19(18)28(26,27)24-12-17(13-24)11-23-20(25)21-8-14-5-15(9-21)7-16(6-14)10-21/h1-4,14-17H,5-13H2,(H,23,25). The van der Waals surface area contributed by atoms with Crippen LogP contribution in [0.3, 0.4) is 0 Å². The third-order valence-corrected chi connectivity index (χ3v) is 9.78. The van der Waals surface area contributed by atoms with Crippen LogP contribution in [0.25, 0.3) is 0 Å². The Balaban J connectivity index is 1.17. The molecule has 1 heterocycles. The van der Waals surface area contributed by atoms with Gasteiger partial charge in [-0.2, -0.15) is 4.31 Å². The molecule has 4 bridgehead atoms. The molecule has 1 N–H and O–H groups in total. The van der Waals surface area contributed by atoms with Gasteiger partial charge in [0.05, 0.1) is 5.02 Å². The maximum Gasteiger partial charge on any atom is 0.244 e. The van der Waals surface area contributed by atoms with E-state index in [2.05, 4.69) is 5.32 Å². The topological polar surface area (TPSA) is 66.5 Å². The first kappa shape index (κ1) is 18.9. The molecular weight excluding hydrogens is 396 g/mol. The molecule has 0 unspecified atom stereocenters. The quantitative estimate of drug-likeness (QED) is 0.791. The van der Waals surface area contributed by atoms with Crippen molar-refractivity contribution in [2.75, 3.05) is 19.6 Å². The van der Waals surface area contributed by atoms with E-state index in [9.17, 15) is 13.2 Å². The number of carbonyl (C=O) groups is 1. The molecule has 1 amide bonds. The minimum Gasteiger partial charge on any atom is -0.355 e. The third-order valence-electron chi connectivity index (χ3n) is 7.45. The average Bonchev–Trinajstić information content (AvgIpc) is 2.59. The fourth-order valence-electron chi connectivity index (χ4n) is 6.45. The van der Waals surface area contributed by atoms with Crippen molar-refractivity contribution in [1.82, 2.24) is 9.62 Å². The maximum absolute atomic E-state index is 13.0. The zero-order valence-corrected chi connectivity index (χ0v) is 17.5. The Hall–Kier alpha value is -1.11. The minimum atomic E-state index is -3.55. The lowest BCUT2D eigenvalue weighted by Crippen LogP contribution is -2.57. The molecule has 1 aromatic carbocycles. The van der Waals surface area contributed by atoms with E-state index in [4.69, 9.17) is 11.6 Å². The number of amides is 1. The van der Waals surface area contributed by atoms with Gasteiger partial charge in [-0.05, 0) is 68.4 Å². The molecule has 0 atom stereocenters. The lowest BCUT2D eigenvalue weighted by atomic mass is 9.49. The number of sulfonamides is 1. The number of hydrogen-bond donors (Lipinski definition) is 1. The summed E-state index contributed by atoms with van der Waals surface area (Å²) in [6.45, 7) is 1.44. The van der Waals surface area contributed by atoms with Crippen molar-refractivity contribution in [2.24, 2.45) is 29.1 Å². The summed E-state index contributed by atoms with van der Waals surface area (Å²) in [6.07, 6.45) is 7.14. The van der Waals surface area contributed by atoms with Crippen molar-refractivity contribution in [3.05, 3.63) is 29.3 Å². The van der Waals surface area contributed by atoms with Crippen LogP contribution in [0.5, 0.6) is 0 Å². The highest BCUT2D eigenvalue weighted by atomic mass is 35.5. The summed E-state index contributed by atoms with van der Waals surface area (Å²) in [4.78, 5) is 13.2. The van der Waals surface area contributed by atoms with E-state index in [0.29, 0.717) is 19.6 Å². The van der Waals surface area contributed by atoms with Crippen LogP contribution in [0.15, 0.2) is 29.2 Å². The Bertz CT molecular complexity index is 859. The molecule has 5 fully saturated rings. The van der Waals surface area contributed by atoms with E-state index < -0.39 is 10.0 Å². The Morgan fingerprint density at radius 3 is 2.21 bits per heavy atom. The molecule has 28 heavy (non-hydrogen) atoms. The molecule has 4 aliphatic carbocycles. The summed E-state index contributed by atoms with van der Waals surface area (Å²) < 4.78 is 26.9. The zero-order chi connectivity index (χ0) is 19.5. The van der Waals surface area contributed by atoms with Gasteiger partial charge in [0.2, 0.25) is 15.9 Å². The molecule has 0 radical (unpaired) electrons. The molecule has 0 aromatic heterocycles. The molecule has 5 nitrogen and oxygen atoms in total. The largest absolute Gasteiger partial charge is 0.355 e. The Morgan fingerprint density at radius 1 is 1.07 bits per heavy atom. The molecule has 7 heteroatoms. The molecule has 6 rings (SSSR count). The normalized spacial score (nSPS) is 35.0. The zero-order valence-electron chi connectivity index (χ0n) is 15.9. The van der Waals surface area contributed by atoms with Crippen LogP contribution in [0.1, 0.15) is 38.5 Å². The van der Waals surface area contributed by atoms with Crippen LogP contribution in [0, 0.1) is 29.1 Å². The summed E-state index contributed by atoms with van der Waals surface area (Å²) in [6, 6.07) is 6.54. The molecule has 5 aliphatic rings. The summed E-state index contributed by atoms with van der Waals surface area (Å²) in [7, 11) is -3.55. The number of hydrogen-bond acceptors (Lipinski definition) is 3. The highest BCUT2D eigenvalue weighted by Gasteiger charge is 2.54. The van der Waals surface area contributed by atoms with Gasteiger partial charge in [0.1, 0.15) is 4.90 Å². The van der Waals surface area contributed by atoms with Gasteiger partial charge in [0, 0.05) is 31.0 Å². The highest BCUT2D eigenvalue weighted by Crippen LogP contribution is 2.60. The van der Waals surface area contributed by atoms with Crippen molar-refractivity contribution in [2.45, 2.75) is 43.4 Å². The molecule has 1 aliphatic heterocycles. The molecule has 0 spiro atoms. The highest BCUT2D eigenvalue weighted by molar-refractivity contribution is 7.89. The second kappa shape index (κ2) is 6.71. The maximum atomic E-state index is 13.0. The fraction of sp³-hybridized carbons (Fsp3) is 0.667. The van der Waals surface area contributed by atoms with Gasteiger partial charge in [-0.3, -0.25) is 4.79 Å². The van der Waals surface area contributed by atoms with Crippen molar-refractivity contribution >= 4 is 27.5 Å². The van der Waals surface area contributed by atoms with Gasteiger partial charge in [0.15, 0.2) is 0 Å². The van der Waals surface area contributed by atoms with E-state index in [-0.39, 0.29) is 27.2 Å². The van der Waals surface area contributed by atoms with Gasteiger partial charge in [-0.25, -0.2) is 8.42 Å². The van der Waals surface area contributed by atoms with E-state index in [1.54, 1.807) is 24.3 Å². The van der Waals surface area contributed by atoms with Gasteiger partial charge in [0.25, 0.3) is 0 Å². The van der Waals surface area contributed by atoms with Gasteiger partial charge >= 0.3 is 0 Å². The first-order chi connectivity index (χ1) is 13.4. The van der Waals surface area contributed by atoms with Crippen LogP contribution >= 0.6 is 11.6 Å². The number of nitrogens with one attached hydrogen (secondary N) is 1. The predicted octanol–water partition coefficient (Wildman–Crippen LogP) is 3.29. The minimum absolute atomic E-state index is 0.137. The van der Waals surface area contributed by atoms with Crippen LogP contribution in [-0.4, -0.2) is 38.3 Å². The smallest absolute Gasteiger partial charge is 0.244 e. The van der Waals surface area contributed by atoms with Crippen molar-refractivity contribution in [3.63, 3.8) is 0 Å². The average molecular weight is 423 g/mol. The first-order valence-electron chi connectivity index (χ1n) is 10.4. The molecular formula is C21H27ClN2O3S. The van der Waals surface area contributed by atoms with E-state index in [1.165, 1.54) is 23.6 Å². The molecule has 1 aromatic rings. The second-order valence-corrected chi connectivity index (χ2v) is 11.8. The van der Waals surface area contributed by atoms with E-state index in [1.807, 2.05) is 0 Å². The van der Waals surface area contributed by atoms with E-state index in [0.717, 1.165) is 37.0 Å². The Morgan fingerprint density at radius 2 is 1.64 bits per heavy atom. The van der Waals surface area contributed by atoms with E-state index >= 15 is 0 Å². The van der Waals surface area contributed by atoms with Gasteiger partial charge < -0.3 is 5.32 Å². The number of benzene rings is 1. The van der Waals surface area contributed by atoms with Gasteiger partial charge in [-0.15, -0.1) is 0 Å². The molecule has 152 valence electrons. The van der Waals surface area contributed by atoms with Crippen LogP contribution in [0.2, 0.25) is 5.02 Å². The molecule has 4 saturated carbocycles. The summed E-state index contributed by atoms with van der Waals surface area (Å²) in [5, 5.41) is 3.43. The summed E-state index contributed by atoms with van der Waals surface area (Å²) >= 11 is 6.06. The van der Waals surface area contributed by atoms with Crippen molar-refractivity contribution in [3.8, 4) is 0 Å². The fourth-order valence-corrected chi connectivity index (χ4v) is 8.54. The Kier molecular flexibility index (Phi) is 4.53. The van der Waals surface area contributed by atoms with Crippen molar-refractivity contribution in [1.29, 1.82) is 0 Å².